The molecule has 3 heterocycles. The fourth-order valence-electron chi connectivity index (χ4n) is 4.44. The van der Waals surface area contributed by atoms with Gasteiger partial charge in [0.2, 0.25) is 5.82 Å². The first-order valence-electron chi connectivity index (χ1n) is 10.8. The van der Waals surface area contributed by atoms with Crippen molar-refractivity contribution in [2.75, 3.05) is 7.05 Å². The van der Waals surface area contributed by atoms with Gasteiger partial charge in [0.05, 0.1) is 6.04 Å². The van der Waals surface area contributed by atoms with Crippen molar-refractivity contribution in [1.82, 2.24) is 30.6 Å². The summed E-state index contributed by atoms with van der Waals surface area (Å²) in [7, 11) is 2.00. The van der Waals surface area contributed by atoms with Gasteiger partial charge in [-0.25, -0.2) is 4.99 Å². The number of nitrogens with two attached hydrogens (primary N) is 1. The normalized spacial score (nSPS) is 18.0. The molecule has 3 N–H and O–H groups in total. The molecule has 0 aliphatic carbocycles. The molecule has 8 nitrogen and oxygen atoms in total. The van der Waals surface area contributed by atoms with Gasteiger partial charge in [-0.1, -0.05) is 55.5 Å². The Balaban J connectivity index is 1.42. The molecule has 1 atom stereocenters. The van der Waals surface area contributed by atoms with Gasteiger partial charge in [0, 0.05) is 24.7 Å². The number of nitrogens with one attached hydrogen (secondary N) is 1. The van der Waals surface area contributed by atoms with Crippen molar-refractivity contribution in [1.29, 1.82) is 0 Å². The van der Waals surface area contributed by atoms with Crippen LogP contribution in [0.4, 0.5) is 0 Å². The number of hydrogen-bond acceptors (Lipinski definition) is 7. The fourth-order valence-corrected chi connectivity index (χ4v) is 4.44. The van der Waals surface area contributed by atoms with E-state index in [4.69, 9.17) is 10.7 Å². The molecule has 2 aromatic carbocycles. The molecule has 2 aliphatic heterocycles. The highest BCUT2D eigenvalue weighted by Gasteiger charge is 2.36. The zero-order valence-electron chi connectivity index (χ0n) is 18.4. The molecule has 0 amide bonds. The highest BCUT2D eigenvalue weighted by atomic mass is 15.7. The smallest absolute Gasteiger partial charge is 0.205 e. The lowest BCUT2D eigenvalue weighted by atomic mass is 9.95. The average Bonchev–Trinajstić information content (AvgIpc) is 3.46. The van der Waals surface area contributed by atoms with Crippen LogP contribution in [0.3, 0.4) is 0 Å². The maximum atomic E-state index is 6.31. The maximum absolute atomic E-state index is 6.31. The number of benzene rings is 2. The highest BCUT2D eigenvalue weighted by molar-refractivity contribution is 5.92. The number of hydrogen-bond donors (Lipinski definition) is 2. The molecule has 8 heteroatoms. The van der Waals surface area contributed by atoms with E-state index in [0.29, 0.717) is 5.82 Å². The summed E-state index contributed by atoms with van der Waals surface area (Å²) < 4.78 is 0. The lowest BCUT2D eigenvalue weighted by molar-refractivity contribution is 0.0535. The van der Waals surface area contributed by atoms with Crippen LogP contribution in [-0.2, 0) is 6.42 Å². The van der Waals surface area contributed by atoms with Crippen LogP contribution in [-0.4, -0.2) is 49.4 Å². The Morgan fingerprint density at radius 2 is 1.81 bits per heavy atom. The molecule has 0 fully saturated rings. The Morgan fingerprint density at radius 1 is 1.06 bits per heavy atom. The summed E-state index contributed by atoms with van der Waals surface area (Å²) in [6, 6.07) is 16.9. The van der Waals surface area contributed by atoms with E-state index in [9.17, 15) is 0 Å². The van der Waals surface area contributed by atoms with Crippen LogP contribution in [0.15, 0.2) is 76.8 Å². The third-order valence-electron chi connectivity index (χ3n) is 6.16. The third-order valence-corrected chi connectivity index (χ3v) is 6.16. The number of tetrazole rings is 1. The van der Waals surface area contributed by atoms with E-state index in [-0.39, 0.29) is 6.04 Å². The average molecular weight is 427 g/mol. The Bertz CT molecular complexity index is 1220. The van der Waals surface area contributed by atoms with Crippen molar-refractivity contribution in [3.63, 3.8) is 0 Å². The van der Waals surface area contributed by atoms with E-state index in [1.165, 1.54) is 11.3 Å². The van der Waals surface area contributed by atoms with Crippen molar-refractivity contribution < 1.29 is 0 Å². The summed E-state index contributed by atoms with van der Waals surface area (Å²) >= 11 is 0. The molecule has 0 radical (unpaired) electrons. The first-order chi connectivity index (χ1) is 15.6. The van der Waals surface area contributed by atoms with Gasteiger partial charge in [-0.3, -0.25) is 10.0 Å². The van der Waals surface area contributed by atoms with Crippen molar-refractivity contribution in [3.05, 3.63) is 77.4 Å². The fraction of sp³-hybridized carbons (Fsp3) is 0.250. The number of allylic oxidation sites excluding steroid dienone is 2. The second-order valence-corrected chi connectivity index (χ2v) is 8.09. The molecule has 0 saturated carbocycles. The van der Waals surface area contributed by atoms with Crippen LogP contribution in [0.25, 0.3) is 22.5 Å². The Morgan fingerprint density at radius 3 is 2.50 bits per heavy atom. The summed E-state index contributed by atoms with van der Waals surface area (Å²) in [5, 5.41) is 18.7. The van der Waals surface area contributed by atoms with E-state index in [2.05, 4.69) is 69.0 Å². The van der Waals surface area contributed by atoms with Gasteiger partial charge in [0.1, 0.15) is 11.6 Å². The van der Waals surface area contributed by atoms with Crippen LogP contribution in [0.1, 0.15) is 25.8 Å². The van der Waals surface area contributed by atoms with Crippen molar-refractivity contribution >= 4 is 5.71 Å². The van der Waals surface area contributed by atoms with Crippen molar-refractivity contribution in [2.45, 2.75) is 32.7 Å². The van der Waals surface area contributed by atoms with Gasteiger partial charge in [-0.05, 0) is 46.9 Å². The van der Waals surface area contributed by atoms with E-state index in [0.717, 1.165) is 46.7 Å². The Kier molecular flexibility index (Phi) is 4.97. The molecule has 5 rings (SSSR count). The topological polar surface area (TPSA) is 99.3 Å². The standard InChI is InChI=1S/C24H26N8/c1-4-20-21(32-22(26-20)13-15(2)23(25)31(32)3)14-16-9-11-17(12-10-16)18-7-5-6-8-19(18)24-27-29-30-28-24/h5-13,21H,4,14,25H2,1-3H3,(H,27,28,29,30). The van der Waals surface area contributed by atoms with Crippen LogP contribution < -0.4 is 5.73 Å². The van der Waals surface area contributed by atoms with Crippen LogP contribution in [0, 0.1) is 0 Å². The number of hydrazine groups is 1. The van der Waals surface area contributed by atoms with Crippen LogP contribution >= 0.6 is 0 Å². The van der Waals surface area contributed by atoms with Crippen LogP contribution in [0.2, 0.25) is 0 Å². The number of aromatic amines is 1. The van der Waals surface area contributed by atoms with Crippen molar-refractivity contribution in [3.8, 4) is 22.5 Å². The summed E-state index contributed by atoms with van der Waals surface area (Å²) in [4.78, 5) is 4.90. The van der Waals surface area contributed by atoms with Crippen LogP contribution in [0.5, 0.6) is 0 Å². The molecule has 1 aromatic heterocycles. The second kappa shape index (κ2) is 7.96. The second-order valence-electron chi connectivity index (χ2n) is 8.09. The summed E-state index contributed by atoms with van der Waals surface area (Å²) in [5.41, 5.74) is 12.9. The van der Waals surface area contributed by atoms with Gasteiger partial charge in [0.25, 0.3) is 0 Å². The lowest BCUT2D eigenvalue weighted by Crippen LogP contribution is -2.49. The molecule has 3 aromatic rings. The molecule has 32 heavy (non-hydrogen) atoms. The first kappa shape index (κ1) is 20.0. The zero-order chi connectivity index (χ0) is 22.2. The number of fused-ring (bicyclic) bond motifs is 1. The predicted octanol–water partition coefficient (Wildman–Crippen LogP) is 3.50. The number of H-pyrrole nitrogens is 1. The first-order valence-corrected chi connectivity index (χ1v) is 10.8. The lowest BCUT2D eigenvalue weighted by Gasteiger charge is -2.39. The van der Waals surface area contributed by atoms with E-state index < -0.39 is 0 Å². The van der Waals surface area contributed by atoms with Gasteiger partial charge >= 0.3 is 0 Å². The molecule has 0 saturated heterocycles. The largest absolute Gasteiger partial charge is 0.384 e. The number of aliphatic imine (C=N–C) groups is 1. The molecule has 2 aliphatic rings. The van der Waals surface area contributed by atoms with Gasteiger partial charge in [-0.2, -0.15) is 5.21 Å². The monoisotopic (exact) mass is 426 g/mol. The quantitative estimate of drug-likeness (QED) is 0.648. The summed E-state index contributed by atoms with van der Waals surface area (Å²) in [5.74, 6) is 2.32. The SMILES string of the molecule is CCC1=NC2=CC(C)=C(N)N(C)N2C1Cc1ccc(-c2ccccc2-c2nn[nH]n2)cc1. The Hall–Kier alpha value is -3.94. The van der Waals surface area contributed by atoms with Gasteiger partial charge in [0.15, 0.2) is 0 Å². The molecule has 0 spiro atoms. The molecular formula is C24H26N8. The minimum absolute atomic E-state index is 0.153. The molecule has 0 bridgehead atoms. The number of rotatable bonds is 5. The van der Waals surface area contributed by atoms with E-state index in [1.54, 1.807) is 0 Å². The summed E-state index contributed by atoms with van der Waals surface area (Å²) in [6.45, 7) is 4.18. The minimum atomic E-state index is 0.153. The van der Waals surface area contributed by atoms with Crippen molar-refractivity contribution in [2.24, 2.45) is 10.7 Å². The van der Waals surface area contributed by atoms with Gasteiger partial charge in [-0.15, -0.1) is 10.2 Å². The Labute approximate surface area is 187 Å². The van der Waals surface area contributed by atoms with E-state index >= 15 is 0 Å². The third kappa shape index (κ3) is 3.33. The number of nitrogens with zero attached hydrogens (tertiary/aromatic N) is 6. The van der Waals surface area contributed by atoms with E-state index in [1.807, 2.05) is 37.2 Å². The zero-order valence-corrected chi connectivity index (χ0v) is 18.4. The minimum Gasteiger partial charge on any atom is -0.384 e. The molecule has 162 valence electrons. The maximum Gasteiger partial charge on any atom is 0.205 e. The predicted molar refractivity (Wildman–Crippen MR) is 125 cm³/mol. The highest BCUT2D eigenvalue weighted by Crippen LogP contribution is 2.33. The van der Waals surface area contributed by atoms with Gasteiger partial charge < -0.3 is 5.73 Å². The summed E-state index contributed by atoms with van der Waals surface area (Å²) in [6.07, 6.45) is 3.83. The number of aromatic nitrogens is 4. The molecular weight excluding hydrogens is 400 g/mol. The molecule has 1 unspecified atom stereocenters.